The zero-order valence-electron chi connectivity index (χ0n) is 8.93. The maximum atomic E-state index is 11.0. The van der Waals surface area contributed by atoms with Crippen LogP contribution in [-0.2, 0) is 0 Å². The highest BCUT2D eigenvalue weighted by atomic mass is 35.5. The fourth-order valence-corrected chi connectivity index (χ4v) is 1.64. The lowest BCUT2D eigenvalue weighted by Gasteiger charge is -2.10. The molecule has 2 aromatic rings. The monoisotopic (exact) mass is 283 g/mol. The van der Waals surface area contributed by atoms with Crippen LogP contribution in [0, 0.1) is 0 Å². The molecule has 6 heteroatoms. The Morgan fingerprint density at radius 1 is 1.22 bits per heavy atom. The van der Waals surface area contributed by atoms with Gasteiger partial charge in [0.05, 0.1) is 5.02 Å². The van der Waals surface area contributed by atoms with E-state index in [0.29, 0.717) is 5.02 Å². The zero-order chi connectivity index (χ0) is 13.1. The molecule has 2 rings (SSSR count). The number of rotatable bonds is 3. The number of aromatic nitrogens is 1. The number of aromatic carboxylic acids is 1. The van der Waals surface area contributed by atoms with E-state index in [2.05, 4.69) is 4.98 Å². The van der Waals surface area contributed by atoms with Gasteiger partial charge in [-0.3, -0.25) is 4.98 Å². The van der Waals surface area contributed by atoms with E-state index in [9.17, 15) is 4.79 Å². The van der Waals surface area contributed by atoms with Crippen molar-refractivity contribution in [2.75, 3.05) is 0 Å². The second kappa shape index (κ2) is 5.25. The summed E-state index contributed by atoms with van der Waals surface area (Å²) in [6.45, 7) is 0. The third-order valence-electron chi connectivity index (χ3n) is 2.15. The van der Waals surface area contributed by atoms with Gasteiger partial charge in [-0.2, -0.15) is 0 Å². The van der Waals surface area contributed by atoms with Gasteiger partial charge < -0.3 is 9.84 Å². The van der Waals surface area contributed by atoms with Crippen LogP contribution in [-0.4, -0.2) is 16.1 Å². The van der Waals surface area contributed by atoms with Crippen molar-refractivity contribution in [3.8, 4) is 11.5 Å². The summed E-state index contributed by atoms with van der Waals surface area (Å²) in [5.41, 5.74) is -0.0476. The number of hydrogen-bond acceptors (Lipinski definition) is 3. The average Bonchev–Trinajstić information content (AvgIpc) is 2.35. The van der Waals surface area contributed by atoms with E-state index in [1.165, 1.54) is 18.5 Å². The minimum Gasteiger partial charge on any atom is -0.477 e. The number of carboxylic acid groups (broad SMARTS) is 1. The van der Waals surface area contributed by atoms with Crippen LogP contribution in [0.5, 0.6) is 11.5 Å². The summed E-state index contributed by atoms with van der Waals surface area (Å²) < 4.78 is 5.45. The van der Waals surface area contributed by atoms with E-state index >= 15 is 0 Å². The van der Waals surface area contributed by atoms with Crippen LogP contribution in [0.4, 0.5) is 0 Å². The molecule has 1 N–H and O–H groups in total. The highest BCUT2D eigenvalue weighted by Crippen LogP contribution is 2.35. The smallest absolute Gasteiger partial charge is 0.341 e. The van der Waals surface area contributed by atoms with Crippen molar-refractivity contribution in [1.82, 2.24) is 4.98 Å². The summed E-state index contributed by atoms with van der Waals surface area (Å²) in [7, 11) is 0. The standard InChI is InChI=1S/C12H7Cl2NO3/c13-8-2-1-3-10(11(8)14)18-9-4-5-15-6-7(9)12(16)17/h1-6H,(H,16,17). The predicted molar refractivity (Wildman–Crippen MR) is 67.7 cm³/mol. The molecule has 0 saturated heterocycles. The Morgan fingerprint density at radius 3 is 2.72 bits per heavy atom. The van der Waals surface area contributed by atoms with Crippen molar-refractivity contribution in [1.29, 1.82) is 0 Å². The molecule has 0 spiro atoms. The lowest BCUT2D eigenvalue weighted by atomic mass is 10.2. The molecule has 0 unspecified atom stereocenters. The first kappa shape index (κ1) is 12.7. The van der Waals surface area contributed by atoms with Gasteiger partial charge in [0.1, 0.15) is 22.1 Å². The fraction of sp³-hybridized carbons (Fsp3) is 0. The minimum absolute atomic E-state index is 0.0476. The number of nitrogens with zero attached hydrogens (tertiary/aromatic N) is 1. The molecule has 18 heavy (non-hydrogen) atoms. The largest absolute Gasteiger partial charge is 0.477 e. The second-order valence-corrected chi connectivity index (χ2v) is 4.12. The van der Waals surface area contributed by atoms with Crippen molar-refractivity contribution in [2.24, 2.45) is 0 Å². The maximum Gasteiger partial charge on any atom is 0.341 e. The molecule has 0 saturated carbocycles. The lowest BCUT2D eigenvalue weighted by molar-refractivity contribution is 0.0693. The third-order valence-corrected chi connectivity index (χ3v) is 2.95. The molecule has 0 fully saturated rings. The normalized spacial score (nSPS) is 10.1. The van der Waals surface area contributed by atoms with Crippen LogP contribution in [0.2, 0.25) is 10.0 Å². The predicted octanol–water partition coefficient (Wildman–Crippen LogP) is 3.88. The van der Waals surface area contributed by atoms with Crippen molar-refractivity contribution in [3.63, 3.8) is 0 Å². The number of carboxylic acids is 1. The number of pyridine rings is 1. The number of hydrogen-bond donors (Lipinski definition) is 1. The summed E-state index contributed by atoms with van der Waals surface area (Å²) in [6.07, 6.45) is 2.64. The fourth-order valence-electron chi connectivity index (χ4n) is 1.31. The molecule has 92 valence electrons. The van der Waals surface area contributed by atoms with Crippen molar-refractivity contribution >= 4 is 29.2 Å². The van der Waals surface area contributed by atoms with Crippen molar-refractivity contribution < 1.29 is 14.6 Å². The van der Waals surface area contributed by atoms with E-state index in [1.54, 1.807) is 18.2 Å². The Morgan fingerprint density at radius 2 is 2.00 bits per heavy atom. The van der Waals surface area contributed by atoms with Gasteiger partial charge >= 0.3 is 5.97 Å². The Hall–Kier alpha value is -1.78. The molecule has 0 amide bonds. The quantitative estimate of drug-likeness (QED) is 0.929. The first-order valence-corrected chi connectivity index (χ1v) is 5.64. The molecule has 0 aliphatic carbocycles. The first-order valence-electron chi connectivity index (χ1n) is 4.89. The van der Waals surface area contributed by atoms with E-state index in [1.807, 2.05) is 0 Å². The van der Waals surface area contributed by atoms with Gasteiger partial charge in [-0.15, -0.1) is 0 Å². The van der Waals surface area contributed by atoms with E-state index < -0.39 is 5.97 Å². The van der Waals surface area contributed by atoms with Crippen molar-refractivity contribution in [2.45, 2.75) is 0 Å². The Balaban J connectivity index is 2.40. The van der Waals surface area contributed by atoms with Crippen molar-refractivity contribution in [3.05, 3.63) is 52.3 Å². The SMILES string of the molecule is O=C(O)c1cnccc1Oc1cccc(Cl)c1Cl. The minimum atomic E-state index is -1.13. The van der Waals surface area contributed by atoms with E-state index in [0.717, 1.165) is 0 Å². The van der Waals surface area contributed by atoms with Gasteiger partial charge in [-0.1, -0.05) is 29.3 Å². The highest BCUT2D eigenvalue weighted by Gasteiger charge is 2.14. The Bertz CT molecular complexity index is 602. The van der Waals surface area contributed by atoms with E-state index in [4.69, 9.17) is 33.0 Å². The Kier molecular flexibility index (Phi) is 3.69. The van der Waals surface area contributed by atoms with Crippen LogP contribution in [0.25, 0.3) is 0 Å². The molecule has 0 radical (unpaired) electrons. The van der Waals surface area contributed by atoms with Gasteiger partial charge in [0.15, 0.2) is 0 Å². The summed E-state index contributed by atoms with van der Waals surface area (Å²) in [5.74, 6) is -0.684. The molecular weight excluding hydrogens is 277 g/mol. The molecule has 0 bridgehead atoms. The van der Waals surface area contributed by atoms with Crippen LogP contribution in [0.15, 0.2) is 36.7 Å². The topological polar surface area (TPSA) is 59.4 Å². The second-order valence-electron chi connectivity index (χ2n) is 3.33. The zero-order valence-corrected chi connectivity index (χ0v) is 10.4. The van der Waals surface area contributed by atoms with Crippen LogP contribution in [0.3, 0.4) is 0 Å². The van der Waals surface area contributed by atoms with Gasteiger partial charge in [0, 0.05) is 18.5 Å². The maximum absolute atomic E-state index is 11.0. The summed E-state index contributed by atoms with van der Waals surface area (Å²) >= 11 is 11.8. The number of halogens is 2. The summed E-state index contributed by atoms with van der Waals surface area (Å²) in [6, 6.07) is 6.31. The highest BCUT2D eigenvalue weighted by molar-refractivity contribution is 6.42. The van der Waals surface area contributed by atoms with Crippen LogP contribution in [0.1, 0.15) is 10.4 Å². The molecule has 1 aromatic heterocycles. The molecule has 0 aliphatic rings. The van der Waals surface area contributed by atoms with Gasteiger partial charge in [-0.05, 0) is 12.1 Å². The molecule has 0 aliphatic heterocycles. The van der Waals surface area contributed by atoms with E-state index in [-0.39, 0.29) is 22.1 Å². The van der Waals surface area contributed by atoms with Crippen LogP contribution >= 0.6 is 23.2 Å². The Labute approximate surface area is 113 Å². The molecule has 4 nitrogen and oxygen atoms in total. The van der Waals surface area contributed by atoms with Gasteiger partial charge in [-0.25, -0.2) is 4.79 Å². The molecule has 1 aromatic carbocycles. The number of ether oxygens (including phenoxy) is 1. The number of benzene rings is 1. The molecular formula is C12H7Cl2NO3. The molecule has 1 heterocycles. The first-order chi connectivity index (χ1) is 8.59. The number of carbonyl (C=O) groups is 1. The van der Waals surface area contributed by atoms with Gasteiger partial charge in [0.2, 0.25) is 0 Å². The molecule has 0 atom stereocenters. The summed E-state index contributed by atoms with van der Waals surface area (Å²) in [4.78, 5) is 14.7. The lowest BCUT2D eigenvalue weighted by Crippen LogP contribution is -2.00. The summed E-state index contributed by atoms with van der Waals surface area (Å²) in [5, 5.41) is 9.55. The van der Waals surface area contributed by atoms with Gasteiger partial charge in [0.25, 0.3) is 0 Å². The average molecular weight is 284 g/mol. The third kappa shape index (κ3) is 2.55. The van der Waals surface area contributed by atoms with Crippen LogP contribution < -0.4 is 4.74 Å².